The van der Waals surface area contributed by atoms with Crippen LogP contribution in [0.2, 0.25) is 0 Å². The van der Waals surface area contributed by atoms with E-state index < -0.39 is 17.8 Å². The first-order valence-electron chi connectivity index (χ1n) is 7.21. The number of nitrogens with one attached hydrogen (secondary N) is 1. The second-order valence-electron chi connectivity index (χ2n) is 5.04. The number of nitrogens with zero attached hydrogens (tertiary/aromatic N) is 1. The first-order valence-corrected chi connectivity index (χ1v) is 7.21. The minimum absolute atomic E-state index is 0.119. The highest BCUT2D eigenvalue weighted by Gasteiger charge is 2.37. The predicted octanol–water partition coefficient (Wildman–Crippen LogP) is 2.36. The summed E-state index contributed by atoms with van der Waals surface area (Å²) in [6, 6.07) is 14.7. The zero-order valence-electron chi connectivity index (χ0n) is 12.9. The first kappa shape index (κ1) is 15.5. The summed E-state index contributed by atoms with van der Waals surface area (Å²) in [6.07, 6.45) is 1.45. The zero-order chi connectivity index (χ0) is 17.1. The molecule has 0 aromatic heterocycles. The molecular formula is C18H14N2O4. The molecular weight excluding hydrogens is 308 g/mol. The Bertz CT molecular complexity index is 843. The van der Waals surface area contributed by atoms with Gasteiger partial charge in [0.1, 0.15) is 11.3 Å². The van der Waals surface area contributed by atoms with Gasteiger partial charge in [-0.15, -0.1) is 0 Å². The summed E-state index contributed by atoms with van der Waals surface area (Å²) in [6.45, 7) is 0. The van der Waals surface area contributed by atoms with Gasteiger partial charge in [0.25, 0.3) is 11.8 Å². The van der Waals surface area contributed by atoms with E-state index in [1.165, 1.54) is 13.2 Å². The fourth-order valence-corrected chi connectivity index (χ4v) is 2.41. The van der Waals surface area contributed by atoms with Crippen molar-refractivity contribution in [1.82, 2.24) is 5.32 Å². The maximum absolute atomic E-state index is 12.7. The minimum Gasteiger partial charge on any atom is -0.495 e. The summed E-state index contributed by atoms with van der Waals surface area (Å²) in [5, 5.41) is 2.18. The Labute approximate surface area is 138 Å². The number of hydrogen-bond donors (Lipinski definition) is 1. The number of carbonyl (C=O) groups excluding carboxylic acids is 3. The molecule has 1 saturated heterocycles. The number of ether oxygens (including phenoxy) is 1. The number of imide groups is 2. The lowest BCUT2D eigenvalue weighted by Gasteiger charge is -2.27. The highest BCUT2D eigenvalue weighted by Crippen LogP contribution is 2.30. The van der Waals surface area contributed by atoms with Crippen molar-refractivity contribution in [3.05, 3.63) is 65.7 Å². The summed E-state index contributed by atoms with van der Waals surface area (Å²) in [7, 11) is 1.44. The topological polar surface area (TPSA) is 75.7 Å². The molecule has 1 aliphatic heterocycles. The Kier molecular flexibility index (Phi) is 4.11. The normalized spacial score (nSPS) is 16.3. The predicted molar refractivity (Wildman–Crippen MR) is 88.4 cm³/mol. The van der Waals surface area contributed by atoms with Gasteiger partial charge in [-0.05, 0) is 23.8 Å². The molecule has 4 amide bonds. The van der Waals surface area contributed by atoms with E-state index >= 15 is 0 Å². The van der Waals surface area contributed by atoms with Crippen molar-refractivity contribution in [1.29, 1.82) is 0 Å². The van der Waals surface area contributed by atoms with E-state index in [2.05, 4.69) is 5.32 Å². The highest BCUT2D eigenvalue weighted by atomic mass is 16.5. The zero-order valence-corrected chi connectivity index (χ0v) is 12.9. The summed E-state index contributed by atoms with van der Waals surface area (Å²) < 4.78 is 5.20. The lowest BCUT2D eigenvalue weighted by Crippen LogP contribution is -2.54. The molecule has 120 valence electrons. The molecule has 24 heavy (non-hydrogen) atoms. The van der Waals surface area contributed by atoms with Crippen LogP contribution in [-0.4, -0.2) is 25.0 Å². The van der Waals surface area contributed by atoms with Gasteiger partial charge in [0.2, 0.25) is 0 Å². The molecule has 6 nitrogen and oxygen atoms in total. The summed E-state index contributed by atoms with van der Waals surface area (Å²) in [5.74, 6) is -1.06. The second-order valence-corrected chi connectivity index (χ2v) is 5.04. The maximum atomic E-state index is 12.7. The van der Waals surface area contributed by atoms with Crippen LogP contribution < -0.4 is 15.0 Å². The van der Waals surface area contributed by atoms with Crippen LogP contribution in [-0.2, 0) is 9.59 Å². The standard InChI is InChI=1S/C18H14N2O4/c1-24-15-10-6-5-9-14(15)20-17(22)13(16(21)19-18(20)23)11-12-7-3-2-4-8-12/h2-11H,1H3,(H,19,21,23)/b13-11-. The molecule has 1 aliphatic rings. The summed E-state index contributed by atoms with van der Waals surface area (Å²) >= 11 is 0. The number of methoxy groups -OCH3 is 1. The van der Waals surface area contributed by atoms with Gasteiger partial charge in [0.05, 0.1) is 12.8 Å². The van der Waals surface area contributed by atoms with Gasteiger partial charge in [0.15, 0.2) is 0 Å². The van der Waals surface area contributed by atoms with E-state index in [1.54, 1.807) is 48.5 Å². The van der Waals surface area contributed by atoms with Crippen LogP contribution in [0.1, 0.15) is 5.56 Å². The third kappa shape index (κ3) is 2.77. The van der Waals surface area contributed by atoms with E-state index in [0.717, 1.165) is 4.90 Å². The summed E-state index contributed by atoms with van der Waals surface area (Å²) in [5.41, 5.74) is 0.839. The quantitative estimate of drug-likeness (QED) is 0.695. The van der Waals surface area contributed by atoms with Crippen molar-refractivity contribution in [2.24, 2.45) is 0 Å². The SMILES string of the molecule is COc1ccccc1N1C(=O)NC(=O)/C(=C/c2ccccc2)C1=O. The van der Waals surface area contributed by atoms with E-state index in [-0.39, 0.29) is 11.3 Å². The Morgan fingerprint density at radius 2 is 1.62 bits per heavy atom. The molecule has 0 bridgehead atoms. The third-order valence-corrected chi connectivity index (χ3v) is 3.54. The molecule has 0 saturated carbocycles. The van der Waals surface area contributed by atoms with Crippen LogP contribution in [0.25, 0.3) is 6.08 Å². The Morgan fingerprint density at radius 3 is 2.33 bits per heavy atom. The van der Waals surface area contributed by atoms with Crippen LogP contribution in [0.5, 0.6) is 5.75 Å². The lowest BCUT2D eigenvalue weighted by molar-refractivity contribution is -0.122. The molecule has 0 atom stereocenters. The van der Waals surface area contributed by atoms with E-state index in [9.17, 15) is 14.4 Å². The molecule has 0 radical (unpaired) electrons. The fraction of sp³-hybridized carbons (Fsp3) is 0.0556. The van der Waals surface area contributed by atoms with Gasteiger partial charge >= 0.3 is 6.03 Å². The van der Waals surface area contributed by atoms with Gasteiger partial charge in [-0.2, -0.15) is 0 Å². The lowest BCUT2D eigenvalue weighted by atomic mass is 10.1. The van der Waals surface area contributed by atoms with Crippen molar-refractivity contribution in [3.8, 4) is 5.75 Å². The number of barbiturate groups is 1. The average molecular weight is 322 g/mol. The minimum atomic E-state index is -0.806. The smallest absolute Gasteiger partial charge is 0.336 e. The van der Waals surface area contributed by atoms with E-state index in [0.29, 0.717) is 11.3 Å². The van der Waals surface area contributed by atoms with Gasteiger partial charge in [-0.25, -0.2) is 9.69 Å². The van der Waals surface area contributed by atoms with Crippen LogP contribution in [0, 0.1) is 0 Å². The number of amides is 4. The van der Waals surface area contributed by atoms with Gasteiger partial charge in [-0.1, -0.05) is 42.5 Å². The van der Waals surface area contributed by atoms with E-state index in [4.69, 9.17) is 4.74 Å². The number of hydrogen-bond acceptors (Lipinski definition) is 4. The van der Waals surface area contributed by atoms with Crippen LogP contribution in [0.4, 0.5) is 10.5 Å². The average Bonchev–Trinajstić information content (AvgIpc) is 2.60. The molecule has 1 N–H and O–H groups in total. The highest BCUT2D eigenvalue weighted by molar-refractivity contribution is 6.39. The number of benzene rings is 2. The van der Waals surface area contributed by atoms with Crippen molar-refractivity contribution < 1.29 is 19.1 Å². The monoisotopic (exact) mass is 322 g/mol. The van der Waals surface area contributed by atoms with Crippen LogP contribution >= 0.6 is 0 Å². The molecule has 6 heteroatoms. The first-order chi connectivity index (χ1) is 11.6. The molecule has 2 aromatic carbocycles. The van der Waals surface area contributed by atoms with Crippen molar-refractivity contribution in [3.63, 3.8) is 0 Å². The molecule has 1 heterocycles. The van der Waals surface area contributed by atoms with Crippen molar-refractivity contribution in [2.75, 3.05) is 12.0 Å². The fourth-order valence-electron chi connectivity index (χ4n) is 2.41. The van der Waals surface area contributed by atoms with Crippen molar-refractivity contribution in [2.45, 2.75) is 0 Å². The molecule has 3 rings (SSSR count). The number of para-hydroxylation sites is 2. The molecule has 0 aliphatic carbocycles. The molecule has 2 aromatic rings. The number of carbonyl (C=O) groups is 3. The number of urea groups is 1. The number of anilines is 1. The van der Waals surface area contributed by atoms with Gasteiger partial charge in [0, 0.05) is 0 Å². The second kappa shape index (κ2) is 6.37. The largest absolute Gasteiger partial charge is 0.495 e. The summed E-state index contributed by atoms with van der Waals surface area (Å²) in [4.78, 5) is 37.9. The third-order valence-electron chi connectivity index (χ3n) is 3.54. The Hall–Kier alpha value is -3.41. The maximum Gasteiger partial charge on any atom is 0.336 e. The Balaban J connectivity index is 2.05. The molecule has 0 spiro atoms. The van der Waals surface area contributed by atoms with Crippen LogP contribution in [0.3, 0.4) is 0 Å². The van der Waals surface area contributed by atoms with Gasteiger partial charge in [-0.3, -0.25) is 14.9 Å². The van der Waals surface area contributed by atoms with E-state index in [1.807, 2.05) is 6.07 Å². The molecule has 0 unspecified atom stereocenters. The number of rotatable bonds is 3. The molecule has 1 fully saturated rings. The Morgan fingerprint density at radius 1 is 0.958 bits per heavy atom. The van der Waals surface area contributed by atoms with Crippen LogP contribution in [0.15, 0.2) is 60.2 Å². The van der Waals surface area contributed by atoms with Crippen molar-refractivity contribution >= 4 is 29.6 Å². The van der Waals surface area contributed by atoms with Gasteiger partial charge < -0.3 is 4.74 Å².